The Hall–Kier alpha value is -3.51. The van der Waals surface area contributed by atoms with Gasteiger partial charge in [-0.2, -0.15) is 0 Å². The van der Waals surface area contributed by atoms with Crippen LogP contribution in [0.5, 0.6) is 11.5 Å². The topological polar surface area (TPSA) is 59.6 Å². The normalized spacial score (nSPS) is 10.6. The number of anilines is 2. The number of halogens is 1. The molecule has 0 saturated heterocycles. The van der Waals surface area contributed by atoms with Crippen LogP contribution in [-0.4, -0.2) is 19.6 Å². The maximum Gasteiger partial charge on any atom is 0.262 e. The van der Waals surface area contributed by atoms with E-state index in [1.165, 1.54) is 0 Å². The van der Waals surface area contributed by atoms with Crippen LogP contribution >= 0.6 is 15.9 Å². The standard InChI is InChI=1S/C27H25BrN2O3/c1-18-10-12-20(13-11-18)30-26(31)17-33-27-22(23(28)14-15-25(27)32-2)16-29-24-9-5-7-19-6-3-4-8-21(19)24/h3-15,29H,16-17H2,1-2H3,(H,30,31). The summed E-state index contributed by atoms with van der Waals surface area (Å²) in [5.41, 5.74) is 3.75. The van der Waals surface area contributed by atoms with Gasteiger partial charge in [0.25, 0.3) is 5.91 Å². The molecule has 168 valence electrons. The maximum atomic E-state index is 12.5. The highest BCUT2D eigenvalue weighted by Crippen LogP contribution is 2.37. The summed E-state index contributed by atoms with van der Waals surface area (Å²) >= 11 is 3.63. The van der Waals surface area contributed by atoms with Gasteiger partial charge in [-0.3, -0.25) is 4.79 Å². The van der Waals surface area contributed by atoms with Gasteiger partial charge in [-0.25, -0.2) is 0 Å². The Morgan fingerprint density at radius 2 is 1.70 bits per heavy atom. The fourth-order valence-corrected chi connectivity index (χ4v) is 4.05. The molecule has 33 heavy (non-hydrogen) atoms. The summed E-state index contributed by atoms with van der Waals surface area (Å²) in [7, 11) is 1.59. The van der Waals surface area contributed by atoms with E-state index in [1.807, 2.05) is 67.6 Å². The van der Waals surface area contributed by atoms with Crippen LogP contribution in [0.1, 0.15) is 11.1 Å². The molecule has 0 aliphatic heterocycles. The summed E-state index contributed by atoms with van der Waals surface area (Å²) in [5, 5.41) is 8.66. The number of hydrogen-bond donors (Lipinski definition) is 2. The molecule has 4 aromatic carbocycles. The van der Waals surface area contributed by atoms with Crippen LogP contribution in [0.4, 0.5) is 11.4 Å². The van der Waals surface area contributed by atoms with Crippen molar-refractivity contribution in [2.75, 3.05) is 24.4 Å². The van der Waals surface area contributed by atoms with Gasteiger partial charge in [0, 0.05) is 33.3 Å². The lowest BCUT2D eigenvalue weighted by molar-refractivity contribution is -0.118. The second-order valence-corrected chi connectivity index (χ2v) is 8.49. The second kappa shape index (κ2) is 10.4. The summed E-state index contributed by atoms with van der Waals surface area (Å²) in [5.74, 6) is 0.851. The van der Waals surface area contributed by atoms with E-state index in [0.29, 0.717) is 18.0 Å². The lowest BCUT2D eigenvalue weighted by atomic mass is 10.1. The largest absolute Gasteiger partial charge is 0.493 e. The Bertz CT molecular complexity index is 1270. The second-order valence-electron chi connectivity index (χ2n) is 7.64. The Kier molecular flexibility index (Phi) is 7.15. The van der Waals surface area contributed by atoms with E-state index in [9.17, 15) is 4.79 Å². The molecular weight excluding hydrogens is 480 g/mol. The van der Waals surface area contributed by atoms with Crippen molar-refractivity contribution in [3.8, 4) is 11.5 Å². The lowest BCUT2D eigenvalue weighted by Crippen LogP contribution is -2.21. The van der Waals surface area contributed by atoms with Crippen molar-refractivity contribution in [2.24, 2.45) is 0 Å². The highest BCUT2D eigenvalue weighted by Gasteiger charge is 2.16. The highest BCUT2D eigenvalue weighted by atomic mass is 79.9. The maximum absolute atomic E-state index is 12.5. The first kappa shape index (κ1) is 22.7. The summed E-state index contributed by atoms with van der Waals surface area (Å²) in [4.78, 5) is 12.5. The smallest absolute Gasteiger partial charge is 0.262 e. The van der Waals surface area contributed by atoms with E-state index < -0.39 is 0 Å². The van der Waals surface area contributed by atoms with Crippen molar-refractivity contribution in [2.45, 2.75) is 13.5 Å². The van der Waals surface area contributed by atoms with Crippen molar-refractivity contribution >= 4 is 44.0 Å². The number of hydrogen-bond acceptors (Lipinski definition) is 4. The molecule has 0 bridgehead atoms. The predicted octanol–water partition coefficient (Wildman–Crippen LogP) is 6.55. The van der Waals surface area contributed by atoms with Crippen molar-refractivity contribution in [3.05, 3.63) is 94.5 Å². The first-order valence-corrected chi connectivity index (χ1v) is 11.4. The fourth-order valence-electron chi connectivity index (χ4n) is 3.60. The van der Waals surface area contributed by atoms with E-state index in [-0.39, 0.29) is 12.5 Å². The molecule has 4 rings (SSSR count). The Labute approximate surface area is 201 Å². The van der Waals surface area contributed by atoms with Crippen LogP contribution in [0.3, 0.4) is 0 Å². The van der Waals surface area contributed by atoms with E-state index in [4.69, 9.17) is 9.47 Å². The molecule has 2 N–H and O–H groups in total. The van der Waals surface area contributed by atoms with Crippen LogP contribution in [0, 0.1) is 6.92 Å². The van der Waals surface area contributed by atoms with Gasteiger partial charge in [-0.15, -0.1) is 0 Å². The Morgan fingerprint density at radius 3 is 2.48 bits per heavy atom. The Morgan fingerprint density at radius 1 is 0.939 bits per heavy atom. The quantitative estimate of drug-likeness (QED) is 0.285. The molecule has 6 heteroatoms. The molecule has 0 unspecified atom stereocenters. The molecule has 0 aromatic heterocycles. The van der Waals surface area contributed by atoms with Gasteiger partial charge in [0.15, 0.2) is 18.1 Å². The minimum atomic E-state index is -0.242. The molecule has 0 atom stereocenters. The first-order chi connectivity index (χ1) is 16.0. The van der Waals surface area contributed by atoms with Gasteiger partial charge in [-0.05, 0) is 42.6 Å². The van der Waals surface area contributed by atoms with Gasteiger partial charge in [0.1, 0.15) is 0 Å². The molecule has 0 spiro atoms. The summed E-state index contributed by atoms with van der Waals surface area (Å²) in [6, 6.07) is 25.8. The monoisotopic (exact) mass is 504 g/mol. The summed E-state index contributed by atoms with van der Waals surface area (Å²) in [6.07, 6.45) is 0. The number of methoxy groups -OCH3 is 1. The molecule has 4 aromatic rings. The third-order valence-electron chi connectivity index (χ3n) is 5.32. The van der Waals surface area contributed by atoms with Gasteiger partial charge in [-0.1, -0.05) is 70.0 Å². The van der Waals surface area contributed by atoms with E-state index in [1.54, 1.807) is 7.11 Å². The number of carbonyl (C=O) groups excluding carboxylic acids is 1. The fraction of sp³-hybridized carbons (Fsp3) is 0.148. The zero-order valence-electron chi connectivity index (χ0n) is 18.5. The number of nitrogens with one attached hydrogen (secondary N) is 2. The number of benzene rings is 4. The number of aryl methyl sites for hydroxylation is 1. The molecule has 0 aliphatic rings. The average Bonchev–Trinajstić information content (AvgIpc) is 2.83. The van der Waals surface area contributed by atoms with Crippen LogP contribution in [-0.2, 0) is 11.3 Å². The number of carbonyl (C=O) groups is 1. The van der Waals surface area contributed by atoms with Crippen molar-refractivity contribution in [1.29, 1.82) is 0 Å². The van der Waals surface area contributed by atoms with Crippen LogP contribution in [0.15, 0.2) is 83.3 Å². The van der Waals surface area contributed by atoms with Crippen LogP contribution in [0.25, 0.3) is 10.8 Å². The minimum absolute atomic E-state index is 0.137. The molecule has 0 saturated carbocycles. The van der Waals surface area contributed by atoms with Crippen molar-refractivity contribution in [3.63, 3.8) is 0 Å². The van der Waals surface area contributed by atoms with E-state index in [0.717, 1.165) is 37.7 Å². The summed E-state index contributed by atoms with van der Waals surface area (Å²) < 4.78 is 12.4. The average molecular weight is 505 g/mol. The molecule has 0 heterocycles. The van der Waals surface area contributed by atoms with Crippen LogP contribution < -0.4 is 20.1 Å². The number of amides is 1. The molecule has 5 nitrogen and oxygen atoms in total. The predicted molar refractivity (Wildman–Crippen MR) is 137 cm³/mol. The number of ether oxygens (including phenoxy) is 2. The summed E-state index contributed by atoms with van der Waals surface area (Å²) in [6.45, 7) is 2.35. The van der Waals surface area contributed by atoms with Crippen molar-refractivity contribution in [1.82, 2.24) is 0 Å². The molecular formula is C27H25BrN2O3. The van der Waals surface area contributed by atoms with Gasteiger partial charge in [0.2, 0.25) is 0 Å². The van der Waals surface area contributed by atoms with Crippen LogP contribution in [0.2, 0.25) is 0 Å². The highest BCUT2D eigenvalue weighted by molar-refractivity contribution is 9.10. The van der Waals surface area contributed by atoms with Gasteiger partial charge >= 0.3 is 0 Å². The first-order valence-electron chi connectivity index (χ1n) is 10.6. The van der Waals surface area contributed by atoms with Gasteiger partial charge in [0.05, 0.1) is 7.11 Å². The zero-order valence-corrected chi connectivity index (χ0v) is 20.1. The third kappa shape index (κ3) is 5.46. The molecule has 1 amide bonds. The molecule has 0 fully saturated rings. The van der Waals surface area contributed by atoms with E-state index >= 15 is 0 Å². The minimum Gasteiger partial charge on any atom is -0.493 e. The van der Waals surface area contributed by atoms with Crippen molar-refractivity contribution < 1.29 is 14.3 Å². The number of fused-ring (bicyclic) bond motifs is 1. The Balaban J connectivity index is 1.52. The third-order valence-corrected chi connectivity index (χ3v) is 6.06. The number of rotatable bonds is 8. The zero-order chi connectivity index (χ0) is 23.2. The molecule has 0 aliphatic carbocycles. The SMILES string of the molecule is COc1ccc(Br)c(CNc2cccc3ccccc23)c1OCC(=O)Nc1ccc(C)cc1. The van der Waals surface area contributed by atoms with Gasteiger partial charge < -0.3 is 20.1 Å². The van der Waals surface area contributed by atoms with E-state index in [2.05, 4.69) is 44.8 Å². The molecule has 0 radical (unpaired) electrons. The lowest BCUT2D eigenvalue weighted by Gasteiger charge is -2.18.